The molecule has 2 aliphatic rings. The molecule has 1 heterocycles. The minimum absolute atomic E-state index is 0.000476. The molecule has 2 fully saturated rings. The molecular formula is C14H27N3S. The van der Waals surface area contributed by atoms with Gasteiger partial charge in [-0.25, -0.2) is 0 Å². The van der Waals surface area contributed by atoms with E-state index >= 15 is 0 Å². The van der Waals surface area contributed by atoms with Crippen molar-refractivity contribution < 1.29 is 0 Å². The lowest BCUT2D eigenvalue weighted by atomic mass is 9.89. The summed E-state index contributed by atoms with van der Waals surface area (Å²) in [4.78, 5) is 5.84. The summed E-state index contributed by atoms with van der Waals surface area (Å²) >= 11 is 5.12. The molecule has 2 N–H and O–H groups in total. The zero-order chi connectivity index (χ0) is 13.2. The summed E-state index contributed by atoms with van der Waals surface area (Å²) in [6, 6.07) is 0. The maximum Gasteiger partial charge on any atom is 0.0784 e. The topological polar surface area (TPSA) is 32.5 Å². The van der Waals surface area contributed by atoms with Crippen LogP contribution in [0.1, 0.15) is 33.1 Å². The molecule has 104 valence electrons. The van der Waals surface area contributed by atoms with Crippen LogP contribution in [-0.4, -0.2) is 54.1 Å². The highest BCUT2D eigenvalue weighted by Crippen LogP contribution is 2.30. The molecule has 0 radical (unpaired) electrons. The van der Waals surface area contributed by atoms with Gasteiger partial charge in [-0.05, 0) is 31.7 Å². The first kappa shape index (κ1) is 14.2. The van der Waals surface area contributed by atoms with Crippen LogP contribution in [0.25, 0.3) is 0 Å². The Morgan fingerprint density at radius 3 is 2.22 bits per heavy atom. The van der Waals surface area contributed by atoms with Crippen molar-refractivity contribution in [3.63, 3.8) is 0 Å². The summed E-state index contributed by atoms with van der Waals surface area (Å²) in [5.41, 5.74) is 5.77. The monoisotopic (exact) mass is 269 g/mol. The normalized spacial score (nSPS) is 23.2. The van der Waals surface area contributed by atoms with E-state index in [-0.39, 0.29) is 5.41 Å². The van der Waals surface area contributed by atoms with Crippen molar-refractivity contribution in [2.45, 2.75) is 33.1 Å². The number of nitrogens with zero attached hydrogens (tertiary/aromatic N) is 2. The van der Waals surface area contributed by atoms with Crippen LogP contribution in [0, 0.1) is 11.3 Å². The first-order valence-corrected chi connectivity index (χ1v) is 7.63. The van der Waals surface area contributed by atoms with Crippen molar-refractivity contribution in [3.05, 3.63) is 0 Å². The summed E-state index contributed by atoms with van der Waals surface area (Å²) in [6.45, 7) is 11.7. The van der Waals surface area contributed by atoms with Gasteiger partial charge in [-0.3, -0.25) is 0 Å². The molecule has 0 unspecified atom stereocenters. The van der Waals surface area contributed by atoms with E-state index in [1.54, 1.807) is 0 Å². The van der Waals surface area contributed by atoms with Crippen LogP contribution in [0.15, 0.2) is 0 Å². The van der Waals surface area contributed by atoms with E-state index in [0.29, 0.717) is 4.99 Å². The van der Waals surface area contributed by atoms with Gasteiger partial charge in [-0.2, -0.15) is 0 Å². The van der Waals surface area contributed by atoms with Gasteiger partial charge in [0.2, 0.25) is 0 Å². The molecule has 0 aromatic carbocycles. The predicted octanol–water partition coefficient (Wildman–Crippen LogP) is 1.72. The summed E-state index contributed by atoms with van der Waals surface area (Å²) in [7, 11) is 0. The first-order valence-electron chi connectivity index (χ1n) is 7.22. The number of rotatable bonds is 6. The third-order valence-electron chi connectivity index (χ3n) is 4.40. The number of hydrogen-bond acceptors (Lipinski definition) is 3. The van der Waals surface area contributed by atoms with Gasteiger partial charge in [-0.1, -0.05) is 26.1 Å². The molecular weight excluding hydrogens is 242 g/mol. The van der Waals surface area contributed by atoms with E-state index in [4.69, 9.17) is 18.0 Å². The van der Waals surface area contributed by atoms with Crippen molar-refractivity contribution in [2.75, 3.05) is 39.3 Å². The smallest absolute Gasteiger partial charge is 0.0784 e. The Labute approximate surface area is 117 Å². The fourth-order valence-electron chi connectivity index (χ4n) is 2.42. The second-order valence-corrected chi connectivity index (χ2v) is 7.02. The Bertz CT molecular complexity index is 291. The third kappa shape index (κ3) is 4.18. The van der Waals surface area contributed by atoms with Crippen LogP contribution in [0.3, 0.4) is 0 Å². The van der Waals surface area contributed by atoms with Crippen molar-refractivity contribution in [1.29, 1.82) is 0 Å². The lowest BCUT2D eigenvalue weighted by Gasteiger charge is -2.36. The van der Waals surface area contributed by atoms with Crippen molar-refractivity contribution >= 4 is 17.2 Å². The highest BCUT2D eigenvalue weighted by atomic mass is 32.1. The molecule has 1 saturated carbocycles. The SMILES string of the molecule is CC(C)(CCN1CCN(CC2CC2)CC1)C(N)=S. The molecule has 0 amide bonds. The lowest BCUT2D eigenvalue weighted by molar-refractivity contribution is 0.121. The van der Waals surface area contributed by atoms with Gasteiger partial charge in [0.15, 0.2) is 0 Å². The molecule has 3 nitrogen and oxygen atoms in total. The average molecular weight is 269 g/mol. The molecule has 1 aliphatic carbocycles. The van der Waals surface area contributed by atoms with Crippen LogP contribution >= 0.6 is 12.2 Å². The molecule has 0 bridgehead atoms. The van der Waals surface area contributed by atoms with Crippen molar-refractivity contribution in [2.24, 2.45) is 17.1 Å². The third-order valence-corrected chi connectivity index (χ3v) is 4.95. The maximum atomic E-state index is 5.77. The molecule has 18 heavy (non-hydrogen) atoms. The van der Waals surface area contributed by atoms with Gasteiger partial charge < -0.3 is 15.5 Å². The van der Waals surface area contributed by atoms with Crippen LogP contribution in [-0.2, 0) is 0 Å². The molecule has 0 aromatic rings. The van der Waals surface area contributed by atoms with Crippen LogP contribution in [0.4, 0.5) is 0 Å². The molecule has 0 aromatic heterocycles. The van der Waals surface area contributed by atoms with Crippen LogP contribution in [0.5, 0.6) is 0 Å². The van der Waals surface area contributed by atoms with E-state index in [0.717, 1.165) is 18.9 Å². The summed E-state index contributed by atoms with van der Waals surface area (Å²) < 4.78 is 0. The van der Waals surface area contributed by atoms with Gasteiger partial charge in [0.25, 0.3) is 0 Å². The van der Waals surface area contributed by atoms with Crippen LogP contribution in [0.2, 0.25) is 0 Å². The fourth-order valence-corrected chi connectivity index (χ4v) is 2.52. The Morgan fingerprint density at radius 1 is 1.17 bits per heavy atom. The van der Waals surface area contributed by atoms with Crippen molar-refractivity contribution in [1.82, 2.24) is 9.80 Å². The number of nitrogens with two attached hydrogens (primary N) is 1. The van der Waals surface area contributed by atoms with Gasteiger partial charge in [-0.15, -0.1) is 0 Å². The van der Waals surface area contributed by atoms with E-state index in [1.807, 2.05) is 0 Å². The van der Waals surface area contributed by atoms with Crippen molar-refractivity contribution in [3.8, 4) is 0 Å². The summed E-state index contributed by atoms with van der Waals surface area (Å²) in [6.07, 6.45) is 4.00. The molecule has 0 spiro atoms. The minimum Gasteiger partial charge on any atom is -0.393 e. The molecule has 4 heteroatoms. The Morgan fingerprint density at radius 2 is 1.72 bits per heavy atom. The van der Waals surface area contributed by atoms with Gasteiger partial charge >= 0.3 is 0 Å². The molecule has 0 atom stereocenters. The number of thiocarbonyl (C=S) groups is 1. The Balaban J connectivity index is 1.65. The zero-order valence-corrected chi connectivity index (χ0v) is 12.6. The summed E-state index contributed by atoms with van der Waals surface area (Å²) in [5, 5.41) is 0. The number of hydrogen-bond donors (Lipinski definition) is 1. The highest BCUT2D eigenvalue weighted by molar-refractivity contribution is 7.80. The van der Waals surface area contributed by atoms with Gasteiger partial charge in [0.05, 0.1) is 4.99 Å². The maximum absolute atomic E-state index is 5.77. The standard InChI is InChI=1S/C14H27N3S/c1-14(2,13(15)18)5-6-16-7-9-17(10-8-16)11-12-3-4-12/h12H,3-11H2,1-2H3,(H2,15,18). The Hall–Kier alpha value is -0.190. The quantitative estimate of drug-likeness (QED) is 0.744. The second kappa shape index (κ2) is 5.85. The number of piperazine rings is 1. The first-order chi connectivity index (χ1) is 8.47. The molecule has 1 aliphatic heterocycles. The van der Waals surface area contributed by atoms with E-state index < -0.39 is 0 Å². The summed E-state index contributed by atoms with van der Waals surface area (Å²) in [5.74, 6) is 1.02. The van der Waals surface area contributed by atoms with E-state index in [1.165, 1.54) is 45.6 Å². The minimum atomic E-state index is 0.000476. The molecule has 2 rings (SSSR count). The highest BCUT2D eigenvalue weighted by Gasteiger charge is 2.27. The lowest BCUT2D eigenvalue weighted by Crippen LogP contribution is -2.48. The van der Waals surface area contributed by atoms with Gasteiger partial charge in [0.1, 0.15) is 0 Å². The largest absolute Gasteiger partial charge is 0.393 e. The average Bonchev–Trinajstić information content (AvgIpc) is 3.12. The van der Waals surface area contributed by atoms with E-state index in [2.05, 4.69) is 23.6 Å². The van der Waals surface area contributed by atoms with Gasteiger partial charge in [0, 0.05) is 38.1 Å². The van der Waals surface area contributed by atoms with E-state index in [9.17, 15) is 0 Å². The van der Waals surface area contributed by atoms with Crippen LogP contribution < -0.4 is 5.73 Å². The fraction of sp³-hybridized carbons (Fsp3) is 0.929. The second-order valence-electron chi connectivity index (χ2n) is 6.58. The Kier molecular flexibility index (Phi) is 4.62. The zero-order valence-electron chi connectivity index (χ0n) is 11.8. The predicted molar refractivity (Wildman–Crippen MR) is 80.8 cm³/mol. The molecule has 1 saturated heterocycles.